The minimum Gasteiger partial charge on any atom is -0.383 e. The molecule has 0 spiro atoms. The molecule has 2 aromatic heterocycles. The van der Waals surface area contributed by atoms with Crippen LogP contribution in [0.3, 0.4) is 0 Å². The van der Waals surface area contributed by atoms with Crippen LogP contribution in [0.4, 0.5) is 19.0 Å². The zero-order valence-corrected chi connectivity index (χ0v) is 9.42. The van der Waals surface area contributed by atoms with E-state index in [9.17, 15) is 13.2 Å². The summed E-state index contributed by atoms with van der Waals surface area (Å²) in [5.74, 6) is 0.247. The maximum absolute atomic E-state index is 12.8. The Bertz CT molecular complexity index is 555. The lowest BCUT2D eigenvalue weighted by molar-refractivity contribution is -0.136. The summed E-state index contributed by atoms with van der Waals surface area (Å²) in [6, 6.07) is 2.32. The second-order valence-electron chi connectivity index (χ2n) is 4.15. The Morgan fingerprint density at radius 3 is 2.53 bits per heavy atom. The summed E-state index contributed by atoms with van der Waals surface area (Å²) in [7, 11) is 0. The van der Waals surface area contributed by atoms with Gasteiger partial charge in [0.1, 0.15) is 5.82 Å². The highest BCUT2D eigenvalue weighted by atomic mass is 19.4. The number of hydrogen-bond donors (Lipinski definition) is 1. The molecule has 2 rings (SSSR count). The van der Waals surface area contributed by atoms with Gasteiger partial charge in [-0.1, -0.05) is 13.8 Å². The van der Waals surface area contributed by atoms with Gasteiger partial charge in [0.05, 0.1) is 11.3 Å². The van der Waals surface area contributed by atoms with Gasteiger partial charge in [0, 0.05) is 6.20 Å². The molecule has 0 unspecified atom stereocenters. The van der Waals surface area contributed by atoms with Crippen LogP contribution in [0.2, 0.25) is 0 Å². The zero-order chi connectivity index (χ0) is 12.8. The molecule has 2 heterocycles. The maximum atomic E-state index is 12.8. The molecule has 0 saturated heterocycles. The molecule has 0 aromatic carbocycles. The van der Waals surface area contributed by atoms with E-state index in [0.29, 0.717) is 5.69 Å². The van der Waals surface area contributed by atoms with Gasteiger partial charge in [-0.3, -0.25) is 4.40 Å². The van der Waals surface area contributed by atoms with Crippen molar-refractivity contribution in [2.45, 2.75) is 25.9 Å². The predicted molar refractivity (Wildman–Crippen MR) is 58.7 cm³/mol. The Labute approximate surface area is 96.1 Å². The van der Waals surface area contributed by atoms with Gasteiger partial charge in [-0.05, 0) is 18.1 Å². The summed E-state index contributed by atoms with van der Waals surface area (Å²) >= 11 is 0. The highest BCUT2D eigenvalue weighted by Gasteiger charge is 2.34. The molecule has 0 saturated carbocycles. The fourth-order valence-corrected chi connectivity index (χ4v) is 1.75. The number of fused-ring (bicyclic) bond motifs is 1. The third-order valence-corrected chi connectivity index (χ3v) is 2.57. The van der Waals surface area contributed by atoms with Gasteiger partial charge in [0.2, 0.25) is 0 Å². The lowest BCUT2D eigenvalue weighted by atomic mass is 10.1. The molecule has 0 aliphatic heterocycles. The summed E-state index contributed by atoms with van der Waals surface area (Å²) in [4.78, 5) is 4.00. The lowest BCUT2D eigenvalue weighted by Gasteiger charge is -2.07. The quantitative estimate of drug-likeness (QED) is 0.836. The van der Waals surface area contributed by atoms with Crippen molar-refractivity contribution < 1.29 is 13.2 Å². The first kappa shape index (κ1) is 11.8. The number of anilines is 1. The summed E-state index contributed by atoms with van der Waals surface area (Å²) in [5.41, 5.74) is 5.37. The fraction of sp³-hybridized carbons (Fsp3) is 0.364. The molecule has 0 radical (unpaired) electrons. The van der Waals surface area contributed by atoms with Gasteiger partial charge >= 0.3 is 6.18 Å². The molecule has 0 bridgehead atoms. The van der Waals surface area contributed by atoms with Crippen molar-refractivity contribution >= 4 is 11.5 Å². The highest BCUT2D eigenvalue weighted by Crippen LogP contribution is 2.34. The minimum absolute atomic E-state index is 0.0176. The molecule has 2 aromatic rings. The molecule has 6 heteroatoms. The molecular formula is C11H12F3N3. The predicted octanol–water partition coefficient (Wildman–Crippen LogP) is 3.06. The summed E-state index contributed by atoms with van der Waals surface area (Å²) in [5, 5.41) is 0. The van der Waals surface area contributed by atoms with Crippen LogP contribution in [-0.2, 0) is 6.18 Å². The number of alkyl halides is 3. The molecule has 3 nitrogen and oxygen atoms in total. The van der Waals surface area contributed by atoms with Crippen molar-refractivity contribution in [1.82, 2.24) is 9.38 Å². The smallest absolute Gasteiger partial charge is 0.383 e. The van der Waals surface area contributed by atoms with E-state index in [1.54, 1.807) is 0 Å². The van der Waals surface area contributed by atoms with E-state index in [2.05, 4.69) is 4.98 Å². The molecule has 2 N–H and O–H groups in total. The first-order valence-electron chi connectivity index (χ1n) is 5.16. The maximum Gasteiger partial charge on any atom is 0.419 e. The van der Waals surface area contributed by atoms with E-state index in [0.717, 1.165) is 6.07 Å². The number of aromatic nitrogens is 2. The number of nitrogen functional groups attached to an aromatic ring is 1. The summed E-state index contributed by atoms with van der Waals surface area (Å²) in [6.07, 6.45) is -2.94. The van der Waals surface area contributed by atoms with Crippen molar-refractivity contribution in [2.24, 2.45) is 0 Å². The number of halogens is 3. The summed E-state index contributed by atoms with van der Waals surface area (Å²) in [6.45, 7) is 3.68. The van der Waals surface area contributed by atoms with E-state index in [-0.39, 0.29) is 17.4 Å². The number of nitrogens with zero attached hydrogens (tertiary/aromatic N) is 2. The van der Waals surface area contributed by atoms with Crippen molar-refractivity contribution in [3.05, 3.63) is 29.6 Å². The molecule has 0 atom stereocenters. The van der Waals surface area contributed by atoms with Crippen molar-refractivity contribution in [2.75, 3.05) is 5.73 Å². The number of rotatable bonds is 1. The normalized spacial score (nSPS) is 12.6. The van der Waals surface area contributed by atoms with E-state index < -0.39 is 11.7 Å². The van der Waals surface area contributed by atoms with E-state index in [4.69, 9.17) is 5.73 Å². The van der Waals surface area contributed by atoms with E-state index >= 15 is 0 Å². The molecule has 17 heavy (non-hydrogen) atoms. The third kappa shape index (κ3) is 1.83. The largest absolute Gasteiger partial charge is 0.419 e. The number of nitrogens with two attached hydrogens (primary N) is 1. The second kappa shape index (κ2) is 3.65. The van der Waals surface area contributed by atoms with Crippen molar-refractivity contribution in [3.8, 4) is 0 Å². The molecule has 0 fully saturated rings. The fourth-order valence-electron chi connectivity index (χ4n) is 1.75. The second-order valence-corrected chi connectivity index (χ2v) is 4.15. The van der Waals surface area contributed by atoms with Gasteiger partial charge < -0.3 is 5.73 Å². The topological polar surface area (TPSA) is 43.3 Å². The van der Waals surface area contributed by atoms with Crippen molar-refractivity contribution in [1.29, 1.82) is 0 Å². The molecule has 92 valence electrons. The Hall–Kier alpha value is -1.72. The van der Waals surface area contributed by atoms with E-state index in [1.165, 1.54) is 16.7 Å². The van der Waals surface area contributed by atoms with Gasteiger partial charge in [-0.2, -0.15) is 13.2 Å². The van der Waals surface area contributed by atoms with Gasteiger partial charge in [-0.25, -0.2) is 4.98 Å². The Morgan fingerprint density at radius 1 is 1.35 bits per heavy atom. The van der Waals surface area contributed by atoms with Gasteiger partial charge in [0.15, 0.2) is 5.65 Å². The van der Waals surface area contributed by atoms with Crippen LogP contribution in [0.15, 0.2) is 18.3 Å². The average Bonchev–Trinajstić information content (AvgIpc) is 2.55. The summed E-state index contributed by atoms with van der Waals surface area (Å²) < 4.78 is 39.6. The zero-order valence-electron chi connectivity index (χ0n) is 9.42. The number of pyridine rings is 1. The monoisotopic (exact) mass is 243 g/mol. The standard InChI is InChI=1S/C11H12F3N3/c1-6(2)8-9(15)17-5-3-4-7(10(17)16-8)11(12,13)14/h3-6H,15H2,1-2H3. The van der Waals surface area contributed by atoms with Crippen LogP contribution in [0.5, 0.6) is 0 Å². The van der Waals surface area contributed by atoms with Crippen LogP contribution in [0.1, 0.15) is 31.0 Å². The Kier molecular flexibility index (Phi) is 2.52. The van der Waals surface area contributed by atoms with Gasteiger partial charge in [-0.15, -0.1) is 0 Å². The van der Waals surface area contributed by atoms with Gasteiger partial charge in [0.25, 0.3) is 0 Å². The third-order valence-electron chi connectivity index (χ3n) is 2.57. The van der Waals surface area contributed by atoms with E-state index in [1.807, 2.05) is 13.8 Å². The molecule has 0 aliphatic carbocycles. The van der Waals surface area contributed by atoms with Crippen LogP contribution in [0, 0.1) is 0 Å². The van der Waals surface area contributed by atoms with Crippen LogP contribution in [0.25, 0.3) is 5.65 Å². The minimum atomic E-state index is -4.42. The van der Waals surface area contributed by atoms with Crippen LogP contribution >= 0.6 is 0 Å². The van der Waals surface area contributed by atoms with Crippen molar-refractivity contribution in [3.63, 3.8) is 0 Å². The molecule has 0 amide bonds. The number of imidazole rings is 1. The Morgan fingerprint density at radius 2 is 2.00 bits per heavy atom. The SMILES string of the molecule is CC(C)c1nc2c(C(F)(F)F)cccn2c1N. The average molecular weight is 243 g/mol. The highest BCUT2D eigenvalue weighted by molar-refractivity contribution is 5.59. The first-order chi connectivity index (χ1) is 7.82. The lowest BCUT2D eigenvalue weighted by Crippen LogP contribution is -2.07. The number of hydrogen-bond acceptors (Lipinski definition) is 2. The van der Waals surface area contributed by atoms with Crippen LogP contribution in [-0.4, -0.2) is 9.38 Å². The molecule has 0 aliphatic rings. The Balaban J connectivity index is 2.78. The van der Waals surface area contributed by atoms with Crippen LogP contribution < -0.4 is 5.73 Å². The molecular weight excluding hydrogens is 231 g/mol. The first-order valence-corrected chi connectivity index (χ1v) is 5.16.